The molecule has 0 radical (unpaired) electrons. The molecule has 3 aromatic rings. The van der Waals surface area contributed by atoms with Gasteiger partial charge in [0.15, 0.2) is 11.7 Å². The van der Waals surface area contributed by atoms with Crippen LogP contribution in [0.1, 0.15) is 12.5 Å². The highest BCUT2D eigenvalue weighted by atomic mass is 35.5. The largest absolute Gasteiger partial charge is 0.474 e. The summed E-state index contributed by atoms with van der Waals surface area (Å²) in [4.78, 5) is 34.0. The molecule has 8 nitrogen and oxygen atoms in total. The van der Waals surface area contributed by atoms with E-state index in [1.54, 1.807) is 34.2 Å². The maximum absolute atomic E-state index is 13.4. The number of nitrogen functional groups attached to an aromatic ring is 1. The minimum absolute atomic E-state index is 0.106. The monoisotopic (exact) mass is 488 g/mol. The maximum atomic E-state index is 13.4. The summed E-state index contributed by atoms with van der Waals surface area (Å²) in [6.45, 7) is 2.65. The number of pyridine rings is 1. The number of aromatic nitrogens is 1. The van der Waals surface area contributed by atoms with Crippen molar-refractivity contribution in [3.8, 4) is 5.06 Å². The summed E-state index contributed by atoms with van der Waals surface area (Å²) in [5.74, 6) is -0.435. The lowest BCUT2D eigenvalue weighted by Gasteiger charge is -2.44. The number of piperazine rings is 1. The van der Waals surface area contributed by atoms with Crippen molar-refractivity contribution >= 4 is 51.3 Å². The number of hydrogen-bond acceptors (Lipinski definition) is 7. The summed E-state index contributed by atoms with van der Waals surface area (Å²) in [6.07, 6.45) is 1.67. The number of ether oxygens (including phenoxy) is 2. The number of benzene rings is 1. The first-order valence-corrected chi connectivity index (χ1v) is 11.7. The van der Waals surface area contributed by atoms with E-state index in [4.69, 9.17) is 26.8 Å². The third kappa shape index (κ3) is 5.05. The van der Waals surface area contributed by atoms with Gasteiger partial charge >= 0.3 is 0 Å². The van der Waals surface area contributed by atoms with Crippen LogP contribution >= 0.6 is 22.9 Å². The average Bonchev–Trinajstić information content (AvgIpc) is 3.22. The Morgan fingerprint density at radius 2 is 2.12 bits per heavy atom. The van der Waals surface area contributed by atoms with Gasteiger partial charge in [0.2, 0.25) is 5.91 Å². The van der Waals surface area contributed by atoms with Gasteiger partial charge in [-0.15, -0.1) is 0 Å². The van der Waals surface area contributed by atoms with E-state index in [1.807, 2.05) is 25.1 Å². The van der Waals surface area contributed by atoms with Gasteiger partial charge in [0.05, 0.1) is 16.5 Å². The molecule has 174 valence electrons. The Balaban J connectivity index is 1.49. The number of carbonyl (C=O) groups excluding carboxylic acids is 2. The Morgan fingerprint density at radius 3 is 2.85 bits per heavy atom. The standard InChI is InChI=1S/C23H25ClN4O4S/c1-14-10-28(21(29)13-32-22-6-5-20(24)33-22)19(12-31-2)23(30)27(14)11-15-3-4-16-17(25)7-8-26-18(16)9-15/h3-9,14,19H,10-13H2,1-2H3,(H2,25,26). The van der Waals surface area contributed by atoms with Crippen molar-refractivity contribution < 1.29 is 19.1 Å². The number of fused-ring (bicyclic) bond motifs is 1. The summed E-state index contributed by atoms with van der Waals surface area (Å²) in [5, 5.41) is 1.43. The molecule has 2 unspecified atom stereocenters. The molecule has 0 saturated carbocycles. The Bertz CT molecular complexity index is 1170. The van der Waals surface area contributed by atoms with Gasteiger partial charge in [0, 0.05) is 43.5 Å². The SMILES string of the molecule is COCC1C(=O)N(Cc2ccc3c(N)ccnc3c2)C(C)CN1C(=O)COc1ccc(Cl)s1. The first-order chi connectivity index (χ1) is 15.9. The molecule has 0 aliphatic carbocycles. The van der Waals surface area contributed by atoms with Crippen molar-refractivity contribution in [2.24, 2.45) is 0 Å². The molecule has 33 heavy (non-hydrogen) atoms. The number of methoxy groups -OCH3 is 1. The van der Waals surface area contributed by atoms with E-state index < -0.39 is 6.04 Å². The van der Waals surface area contributed by atoms with Crippen molar-refractivity contribution in [3.05, 3.63) is 52.5 Å². The smallest absolute Gasteiger partial charge is 0.261 e. The molecule has 2 atom stereocenters. The first kappa shape index (κ1) is 23.3. The van der Waals surface area contributed by atoms with Crippen LogP contribution in [0.2, 0.25) is 4.34 Å². The molecule has 1 fully saturated rings. The summed E-state index contributed by atoms with van der Waals surface area (Å²) in [7, 11) is 1.52. The molecule has 1 saturated heterocycles. The predicted molar refractivity (Wildman–Crippen MR) is 128 cm³/mol. The molecular weight excluding hydrogens is 464 g/mol. The second-order valence-electron chi connectivity index (χ2n) is 7.93. The van der Waals surface area contributed by atoms with Crippen molar-refractivity contribution in [2.75, 3.05) is 32.6 Å². The van der Waals surface area contributed by atoms with Crippen LogP contribution in [0.3, 0.4) is 0 Å². The van der Waals surface area contributed by atoms with Crippen molar-refractivity contribution in [1.29, 1.82) is 0 Å². The van der Waals surface area contributed by atoms with Gasteiger partial charge in [-0.3, -0.25) is 14.6 Å². The molecule has 10 heteroatoms. The fraction of sp³-hybridized carbons (Fsp3) is 0.348. The maximum Gasteiger partial charge on any atom is 0.261 e. The van der Waals surface area contributed by atoms with E-state index in [-0.39, 0.29) is 31.1 Å². The van der Waals surface area contributed by atoms with Crippen LogP contribution in [0.4, 0.5) is 5.69 Å². The molecule has 1 aliphatic rings. The van der Waals surface area contributed by atoms with Gasteiger partial charge in [-0.25, -0.2) is 0 Å². The van der Waals surface area contributed by atoms with Crippen LogP contribution in [-0.2, 0) is 20.9 Å². The molecule has 1 aliphatic heterocycles. The highest BCUT2D eigenvalue weighted by Crippen LogP contribution is 2.28. The zero-order valence-corrected chi connectivity index (χ0v) is 19.9. The number of halogens is 1. The molecule has 1 aromatic carbocycles. The summed E-state index contributed by atoms with van der Waals surface area (Å²) in [6, 6.07) is 10.1. The fourth-order valence-electron chi connectivity index (χ4n) is 3.98. The van der Waals surface area contributed by atoms with E-state index in [1.165, 1.54) is 18.4 Å². The molecule has 2 amide bonds. The number of rotatable bonds is 7. The van der Waals surface area contributed by atoms with Gasteiger partial charge in [0.25, 0.3) is 5.91 Å². The lowest BCUT2D eigenvalue weighted by molar-refractivity contribution is -0.158. The van der Waals surface area contributed by atoms with Crippen molar-refractivity contribution in [1.82, 2.24) is 14.8 Å². The van der Waals surface area contributed by atoms with Crippen LogP contribution in [0.15, 0.2) is 42.6 Å². The highest BCUT2D eigenvalue weighted by molar-refractivity contribution is 7.17. The number of thiophene rings is 1. The van der Waals surface area contributed by atoms with Crippen LogP contribution in [-0.4, -0.2) is 65.6 Å². The first-order valence-electron chi connectivity index (χ1n) is 10.5. The number of amides is 2. The second kappa shape index (κ2) is 9.94. The average molecular weight is 489 g/mol. The van der Waals surface area contributed by atoms with E-state index in [0.717, 1.165) is 16.5 Å². The van der Waals surface area contributed by atoms with Gasteiger partial charge in [-0.2, -0.15) is 0 Å². The summed E-state index contributed by atoms with van der Waals surface area (Å²) >= 11 is 7.17. The lowest BCUT2D eigenvalue weighted by Crippen LogP contribution is -2.63. The number of hydrogen-bond donors (Lipinski definition) is 1. The van der Waals surface area contributed by atoms with Crippen LogP contribution in [0, 0.1) is 0 Å². The number of nitrogens with two attached hydrogens (primary N) is 1. The minimum Gasteiger partial charge on any atom is -0.474 e. The van der Waals surface area contributed by atoms with E-state index in [0.29, 0.717) is 28.2 Å². The predicted octanol–water partition coefficient (Wildman–Crippen LogP) is 3.19. The molecule has 0 bridgehead atoms. The van der Waals surface area contributed by atoms with Crippen LogP contribution in [0.25, 0.3) is 10.9 Å². The fourth-order valence-corrected chi connectivity index (χ4v) is 4.86. The molecule has 0 spiro atoms. The zero-order valence-electron chi connectivity index (χ0n) is 18.4. The molecular formula is C23H25ClN4O4S. The number of carbonyl (C=O) groups is 2. The number of nitrogens with zero attached hydrogens (tertiary/aromatic N) is 3. The van der Waals surface area contributed by atoms with E-state index in [2.05, 4.69) is 4.98 Å². The Morgan fingerprint density at radius 1 is 1.30 bits per heavy atom. The van der Waals surface area contributed by atoms with Gasteiger partial charge in [0.1, 0.15) is 6.04 Å². The summed E-state index contributed by atoms with van der Waals surface area (Å²) in [5.41, 5.74) is 8.40. The third-order valence-corrected chi connectivity index (χ3v) is 6.81. The Kier molecular flexibility index (Phi) is 7.02. The highest BCUT2D eigenvalue weighted by Gasteiger charge is 2.41. The van der Waals surface area contributed by atoms with E-state index in [9.17, 15) is 9.59 Å². The normalized spacial score (nSPS) is 18.7. The lowest BCUT2D eigenvalue weighted by atomic mass is 10.0. The topological polar surface area (TPSA) is 98.0 Å². The van der Waals surface area contributed by atoms with Crippen molar-refractivity contribution in [2.45, 2.75) is 25.6 Å². The molecule has 4 rings (SSSR count). The molecule has 2 aromatic heterocycles. The minimum atomic E-state index is -0.719. The van der Waals surface area contributed by atoms with Crippen molar-refractivity contribution in [3.63, 3.8) is 0 Å². The van der Waals surface area contributed by atoms with Crippen LogP contribution < -0.4 is 10.5 Å². The Labute approximate surface area is 200 Å². The Hall–Kier alpha value is -2.88. The quantitative estimate of drug-likeness (QED) is 0.548. The number of anilines is 1. The third-order valence-electron chi connectivity index (χ3n) is 5.66. The van der Waals surface area contributed by atoms with Crippen LogP contribution in [0.5, 0.6) is 5.06 Å². The summed E-state index contributed by atoms with van der Waals surface area (Å²) < 4.78 is 11.4. The van der Waals surface area contributed by atoms with E-state index >= 15 is 0 Å². The molecule has 3 heterocycles. The molecule has 2 N–H and O–H groups in total. The van der Waals surface area contributed by atoms with Gasteiger partial charge < -0.3 is 25.0 Å². The van der Waals surface area contributed by atoms with Gasteiger partial charge in [-0.05, 0) is 36.8 Å². The second-order valence-corrected chi connectivity index (χ2v) is 9.61. The zero-order chi connectivity index (χ0) is 23.5. The van der Waals surface area contributed by atoms with Gasteiger partial charge in [-0.1, -0.05) is 35.1 Å².